The molecule has 0 fully saturated rings. The standard InChI is InChI=1S/C10H8O3.C8H5F3O3/c11-10(12)8-5-7-3-1-2-4-9(7)13-6-8;9-8(10,11)14-13-7-4-2-1-3-6(7)5-12/h1-5H,6H2,(H,11,12);1-5H. The van der Waals surface area contributed by atoms with Gasteiger partial charge in [-0.25, -0.2) is 4.79 Å². The number of fused-ring (bicyclic) bond motifs is 1. The fraction of sp³-hybridized carbons (Fsp3) is 0.111. The zero-order valence-electron chi connectivity index (χ0n) is 13.6. The first-order valence-corrected chi connectivity index (χ1v) is 7.42. The predicted octanol–water partition coefficient (Wildman–Crippen LogP) is 3.88. The van der Waals surface area contributed by atoms with E-state index in [1.807, 2.05) is 24.3 Å². The summed E-state index contributed by atoms with van der Waals surface area (Å²) in [5.74, 6) is -0.457. The molecule has 0 saturated carbocycles. The van der Waals surface area contributed by atoms with E-state index in [4.69, 9.17) is 9.84 Å². The van der Waals surface area contributed by atoms with Gasteiger partial charge in [0.15, 0.2) is 12.0 Å². The molecule has 2 aromatic carbocycles. The Hall–Kier alpha value is -3.33. The van der Waals surface area contributed by atoms with Gasteiger partial charge in [-0.15, -0.1) is 13.2 Å². The van der Waals surface area contributed by atoms with Crippen molar-refractivity contribution in [3.63, 3.8) is 0 Å². The van der Waals surface area contributed by atoms with Crippen LogP contribution in [0, 0.1) is 0 Å². The molecule has 0 amide bonds. The molecule has 1 N–H and O–H groups in total. The molecular formula is C18H13F3O6. The average Bonchev–Trinajstić information content (AvgIpc) is 2.66. The van der Waals surface area contributed by atoms with Gasteiger partial charge in [-0.05, 0) is 24.3 Å². The Balaban J connectivity index is 0.000000194. The summed E-state index contributed by atoms with van der Waals surface area (Å²) < 4.78 is 39.9. The van der Waals surface area contributed by atoms with Crippen molar-refractivity contribution in [3.8, 4) is 11.5 Å². The normalized spacial score (nSPS) is 12.5. The predicted molar refractivity (Wildman–Crippen MR) is 87.1 cm³/mol. The maximum atomic E-state index is 11.5. The topological polar surface area (TPSA) is 82.1 Å². The molecule has 2 aromatic rings. The molecule has 9 heteroatoms. The summed E-state index contributed by atoms with van der Waals surface area (Å²) in [7, 11) is 0. The number of benzene rings is 2. The highest BCUT2D eigenvalue weighted by molar-refractivity contribution is 5.93. The highest BCUT2D eigenvalue weighted by Gasteiger charge is 2.32. The number of halogens is 3. The summed E-state index contributed by atoms with van der Waals surface area (Å²) in [6, 6.07) is 12.8. The lowest BCUT2D eigenvalue weighted by Gasteiger charge is -2.14. The van der Waals surface area contributed by atoms with E-state index in [9.17, 15) is 22.8 Å². The first-order chi connectivity index (χ1) is 12.8. The highest BCUT2D eigenvalue weighted by atomic mass is 19.4. The molecule has 0 aromatic heterocycles. The van der Waals surface area contributed by atoms with Crippen LogP contribution >= 0.6 is 0 Å². The molecule has 0 atom stereocenters. The molecule has 0 radical (unpaired) electrons. The molecule has 3 rings (SSSR count). The number of aldehydes is 1. The number of aliphatic carboxylic acids is 1. The second-order valence-corrected chi connectivity index (χ2v) is 5.07. The lowest BCUT2D eigenvalue weighted by atomic mass is 10.1. The van der Waals surface area contributed by atoms with Crippen LogP contribution in [0.5, 0.6) is 11.5 Å². The Morgan fingerprint density at radius 2 is 1.78 bits per heavy atom. The largest absolute Gasteiger partial charge is 0.558 e. The van der Waals surface area contributed by atoms with Crippen molar-refractivity contribution in [2.45, 2.75) is 6.36 Å². The Labute approximate surface area is 151 Å². The van der Waals surface area contributed by atoms with Crippen molar-refractivity contribution in [1.29, 1.82) is 0 Å². The van der Waals surface area contributed by atoms with E-state index < -0.39 is 12.3 Å². The fourth-order valence-corrected chi connectivity index (χ4v) is 1.99. The van der Waals surface area contributed by atoms with E-state index in [-0.39, 0.29) is 17.9 Å². The van der Waals surface area contributed by atoms with Crippen LogP contribution in [0.4, 0.5) is 13.2 Å². The molecule has 1 heterocycles. The molecule has 0 saturated heterocycles. The molecule has 0 bridgehead atoms. The second kappa shape index (κ2) is 8.86. The van der Waals surface area contributed by atoms with Crippen LogP contribution in [0.15, 0.2) is 54.1 Å². The van der Waals surface area contributed by atoms with Crippen molar-refractivity contribution in [2.75, 3.05) is 6.61 Å². The number of rotatable bonds is 4. The van der Waals surface area contributed by atoms with E-state index in [2.05, 4.69) is 9.78 Å². The Kier molecular flexibility index (Phi) is 6.56. The third-order valence-electron chi connectivity index (χ3n) is 3.18. The molecule has 0 spiro atoms. The van der Waals surface area contributed by atoms with Crippen molar-refractivity contribution in [2.24, 2.45) is 0 Å². The van der Waals surface area contributed by atoms with Crippen molar-refractivity contribution >= 4 is 18.3 Å². The smallest absolute Gasteiger partial charge is 0.488 e. The highest BCUT2D eigenvalue weighted by Crippen LogP contribution is 2.25. The van der Waals surface area contributed by atoms with Crippen LogP contribution in [0.2, 0.25) is 0 Å². The van der Waals surface area contributed by atoms with Gasteiger partial charge in [0, 0.05) is 5.56 Å². The van der Waals surface area contributed by atoms with E-state index in [0.717, 1.165) is 11.3 Å². The van der Waals surface area contributed by atoms with E-state index in [1.165, 1.54) is 24.3 Å². The van der Waals surface area contributed by atoms with Crippen molar-refractivity contribution in [3.05, 3.63) is 65.2 Å². The first kappa shape index (κ1) is 20.0. The first-order valence-electron chi connectivity index (χ1n) is 7.42. The summed E-state index contributed by atoms with van der Waals surface area (Å²) in [4.78, 5) is 28.0. The number of carbonyl (C=O) groups is 2. The number of ether oxygens (including phenoxy) is 1. The van der Waals surface area contributed by atoms with Crippen LogP contribution < -0.4 is 9.62 Å². The zero-order chi connectivity index (χ0) is 19.9. The molecule has 0 unspecified atom stereocenters. The van der Waals surface area contributed by atoms with Gasteiger partial charge < -0.3 is 14.7 Å². The fourth-order valence-electron chi connectivity index (χ4n) is 1.99. The van der Waals surface area contributed by atoms with Gasteiger partial charge in [0.2, 0.25) is 0 Å². The lowest BCUT2D eigenvalue weighted by Crippen LogP contribution is -2.16. The minimum atomic E-state index is -4.89. The molecule has 6 nitrogen and oxygen atoms in total. The van der Waals surface area contributed by atoms with Gasteiger partial charge in [-0.2, -0.15) is 0 Å². The summed E-state index contributed by atoms with van der Waals surface area (Å²) in [6.45, 7) is 0.145. The lowest BCUT2D eigenvalue weighted by molar-refractivity contribution is -0.444. The molecule has 0 aliphatic carbocycles. The minimum absolute atomic E-state index is 0.0169. The van der Waals surface area contributed by atoms with Crippen molar-refractivity contribution in [1.82, 2.24) is 0 Å². The van der Waals surface area contributed by atoms with Gasteiger partial charge in [-0.1, -0.05) is 35.2 Å². The summed E-state index contributed by atoms with van der Waals surface area (Å²) in [5.41, 5.74) is 1.10. The SMILES string of the molecule is O=C(O)C1=Cc2ccccc2OC1.O=Cc1ccccc1OOC(F)(F)F. The molecule has 1 aliphatic rings. The summed E-state index contributed by atoms with van der Waals surface area (Å²) >= 11 is 0. The van der Waals surface area contributed by atoms with Gasteiger partial charge in [0.05, 0.1) is 11.1 Å². The Morgan fingerprint density at radius 3 is 2.44 bits per heavy atom. The number of alkyl halides is 3. The average molecular weight is 382 g/mol. The van der Waals surface area contributed by atoms with Crippen LogP contribution in [-0.4, -0.2) is 30.3 Å². The summed E-state index contributed by atoms with van der Waals surface area (Å²) in [6.07, 6.45) is -2.88. The van der Waals surface area contributed by atoms with E-state index >= 15 is 0 Å². The zero-order valence-corrected chi connectivity index (χ0v) is 13.6. The number of para-hydroxylation sites is 2. The number of hydrogen-bond acceptors (Lipinski definition) is 5. The second-order valence-electron chi connectivity index (χ2n) is 5.07. The number of carboxylic acids is 1. The van der Waals surface area contributed by atoms with Gasteiger partial charge in [0.1, 0.15) is 12.4 Å². The Bertz CT molecular complexity index is 845. The van der Waals surface area contributed by atoms with E-state index in [0.29, 0.717) is 11.9 Å². The quantitative estimate of drug-likeness (QED) is 0.491. The molecular weight excluding hydrogens is 369 g/mol. The van der Waals surface area contributed by atoms with Crippen LogP contribution in [0.25, 0.3) is 6.08 Å². The number of carboxylic acid groups (broad SMARTS) is 1. The van der Waals surface area contributed by atoms with E-state index in [1.54, 1.807) is 6.08 Å². The maximum absolute atomic E-state index is 11.5. The summed E-state index contributed by atoms with van der Waals surface area (Å²) in [5, 5.41) is 8.72. The van der Waals surface area contributed by atoms with Gasteiger partial charge >= 0.3 is 12.3 Å². The maximum Gasteiger partial charge on any atom is 0.558 e. The molecule has 142 valence electrons. The van der Waals surface area contributed by atoms with Gasteiger partial charge in [0.25, 0.3) is 0 Å². The van der Waals surface area contributed by atoms with Crippen LogP contribution in [0.1, 0.15) is 15.9 Å². The molecule has 27 heavy (non-hydrogen) atoms. The number of hydrogen-bond donors (Lipinski definition) is 1. The molecule has 1 aliphatic heterocycles. The third-order valence-corrected chi connectivity index (χ3v) is 3.18. The van der Waals surface area contributed by atoms with Gasteiger partial charge in [-0.3, -0.25) is 4.79 Å². The third kappa shape index (κ3) is 6.15. The Morgan fingerprint density at radius 1 is 1.11 bits per heavy atom. The van der Waals surface area contributed by atoms with Crippen LogP contribution in [-0.2, 0) is 9.68 Å². The minimum Gasteiger partial charge on any atom is -0.488 e. The number of carbonyl (C=O) groups excluding carboxylic acids is 1. The van der Waals surface area contributed by atoms with Crippen LogP contribution in [0.3, 0.4) is 0 Å². The monoisotopic (exact) mass is 382 g/mol. The van der Waals surface area contributed by atoms with Crippen molar-refractivity contribution < 1.29 is 42.4 Å².